The van der Waals surface area contributed by atoms with Crippen LogP contribution in [0.2, 0.25) is 0 Å². The van der Waals surface area contributed by atoms with Crippen molar-refractivity contribution in [1.29, 1.82) is 0 Å². The van der Waals surface area contributed by atoms with Gasteiger partial charge in [-0.05, 0) is 43.4 Å². The first kappa shape index (κ1) is 39.2. The fourth-order valence-corrected chi connectivity index (χ4v) is 5.03. The van der Waals surface area contributed by atoms with Crippen molar-refractivity contribution < 1.29 is 43.3 Å². The van der Waals surface area contributed by atoms with Crippen LogP contribution in [0.25, 0.3) is 10.9 Å². The quantitative estimate of drug-likeness (QED) is 0.0697. The van der Waals surface area contributed by atoms with Crippen molar-refractivity contribution >= 4 is 46.5 Å². The van der Waals surface area contributed by atoms with Gasteiger partial charge in [0.2, 0.25) is 17.6 Å². The Kier molecular flexibility index (Phi) is 14.5. The van der Waals surface area contributed by atoms with Gasteiger partial charge < -0.3 is 40.8 Å². The number of para-hydroxylation sites is 1. The summed E-state index contributed by atoms with van der Waals surface area (Å²) in [5, 5.41) is 21.2. The smallest absolute Gasteiger partial charge is 0.407 e. The lowest BCUT2D eigenvalue weighted by Crippen LogP contribution is -2.58. The van der Waals surface area contributed by atoms with Gasteiger partial charge in [0.25, 0.3) is 5.91 Å². The third kappa shape index (κ3) is 11.7. The van der Waals surface area contributed by atoms with Crippen LogP contribution in [0.4, 0.5) is 4.79 Å². The molecular weight excluding hydrogens is 646 g/mol. The number of Topliss-reactive ketones (excluding diaryl/α,β-unsaturated/α-hetero) is 1. The van der Waals surface area contributed by atoms with Crippen molar-refractivity contribution in [2.45, 2.75) is 84.2 Å². The van der Waals surface area contributed by atoms with Crippen molar-refractivity contribution in [3.8, 4) is 0 Å². The van der Waals surface area contributed by atoms with E-state index in [2.05, 4.69) is 26.3 Å². The number of ketones is 1. The number of aromatic amines is 1. The lowest BCUT2D eigenvalue weighted by molar-refractivity contribution is -0.148. The van der Waals surface area contributed by atoms with E-state index in [9.17, 15) is 33.9 Å². The van der Waals surface area contributed by atoms with E-state index in [0.717, 1.165) is 23.6 Å². The summed E-state index contributed by atoms with van der Waals surface area (Å²) < 4.78 is 9.92. The standard InChI is InChI=1S/C36H47N5O9/c1-22(42)29(34(47)49-5)41-31(44)27(17-11-12-18-37-35(48)50-21-23-13-7-6-8-14-23)39-32(45)28(40-33(46)30(43)36(2,3)4)19-24-20-38-26-16-10-9-15-25(24)26/h6-10,13-16,20,22,27-29,38,42H,11-12,17-19,21H2,1-5H3,(H,37,48)(H,39,45)(H,40,46)(H,41,44). The van der Waals surface area contributed by atoms with E-state index in [-0.39, 0.29) is 26.0 Å². The summed E-state index contributed by atoms with van der Waals surface area (Å²) >= 11 is 0. The zero-order chi connectivity index (χ0) is 36.8. The van der Waals surface area contributed by atoms with Crippen LogP contribution in [-0.4, -0.2) is 83.5 Å². The molecular formula is C36H47N5O9. The maximum Gasteiger partial charge on any atom is 0.407 e. The molecule has 0 aliphatic carbocycles. The molecule has 4 amide bonds. The SMILES string of the molecule is COC(=O)C(NC(=O)C(CCCCNC(=O)OCc1ccccc1)NC(=O)C(Cc1c[nH]c2ccccc12)NC(=O)C(=O)C(C)(C)C)C(C)O. The number of nitrogens with one attached hydrogen (secondary N) is 5. The number of rotatable bonds is 17. The highest BCUT2D eigenvalue weighted by atomic mass is 16.5. The van der Waals surface area contributed by atoms with E-state index in [4.69, 9.17) is 9.47 Å². The first-order valence-electron chi connectivity index (χ1n) is 16.4. The maximum atomic E-state index is 13.9. The Morgan fingerprint density at radius 3 is 2.18 bits per heavy atom. The Bertz CT molecular complexity index is 1630. The number of H-pyrrole nitrogens is 1. The molecule has 0 radical (unpaired) electrons. The number of aliphatic hydroxyl groups excluding tert-OH is 1. The Balaban J connectivity index is 1.75. The van der Waals surface area contributed by atoms with Gasteiger partial charge in [-0.15, -0.1) is 0 Å². The molecule has 1 aromatic heterocycles. The predicted molar refractivity (Wildman–Crippen MR) is 184 cm³/mol. The number of hydrogen-bond acceptors (Lipinski definition) is 9. The molecule has 0 bridgehead atoms. The Morgan fingerprint density at radius 1 is 0.860 bits per heavy atom. The highest BCUT2D eigenvalue weighted by Gasteiger charge is 2.34. The molecule has 6 N–H and O–H groups in total. The van der Waals surface area contributed by atoms with Gasteiger partial charge >= 0.3 is 12.1 Å². The first-order chi connectivity index (χ1) is 23.7. The molecule has 0 saturated heterocycles. The molecule has 4 unspecified atom stereocenters. The zero-order valence-electron chi connectivity index (χ0n) is 29.0. The molecule has 3 aromatic rings. The van der Waals surface area contributed by atoms with E-state index in [1.807, 2.05) is 54.6 Å². The number of ether oxygens (including phenoxy) is 2. The summed E-state index contributed by atoms with van der Waals surface area (Å²) in [6.45, 7) is 6.37. The minimum Gasteiger partial charge on any atom is -0.467 e. The summed E-state index contributed by atoms with van der Waals surface area (Å²) in [6.07, 6.45) is 0.542. The number of alkyl carbamates (subject to hydrolysis) is 1. The Morgan fingerprint density at radius 2 is 1.52 bits per heavy atom. The molecule has 14 heteroatoms. The van der Waals surface area contributed by atoms with Gasteiger partial charge in [0.1, 0.15) is 18.7 Å². The Labute approximate surface area is 291 Å². The molecule has 50 heavy (non-hydrogen) atoms. The van der Waals surface area contributed by atoms with Crippen molar-refractivity contribution in [3.05, 3.63) is 71.9 Å². The average molecular weight is 694 g/mol. The zero-order valence-corrected chi connectivity index (χ0v) is 29.0. The number of carbonyl (C=O) groups excluding carboxylic acids is 6. The number of fused-ring (bicyclic) bond motifs is 1. The van der Waals surface area contributed by atoms with Crippen molar-refractivity contribution in [1.82, 2.24) is 26.3 Å². The molecule has 0 saturated carbocycles. The Hall–Kier alpha value is -5.24. The topological polar surface area (TPSA) is 205 Å². The molecule has 0 aliphatic rings. The van der Waals surface area contributed by atoms with E-state index >= 15 is 0 Å². The molecule has 2 aromatic carbocycles. The second kappa shape index (κ2) is 18.5. The number of aliphatic hydroxyl groups is 1. The van der Waals surface area contributed by atoms with Crippen LogP contribution < -0.4 is 21.3 Å². The third-order valence-electron chi connectivity index (χ3n) is 7.88. The number of benzene rings is 2. The maximum absolute atomic E-state index is 13.9. The summed E-state index contributed by atoms with van der Waals surface area (Å²) in [6, 6.07) is 12.6. The summed E-state index contributed by atoms with van der Waals surface area (Å²) in [7, 11) is 1.11. The normalized spacial score (nSPS) is 13.6. The summed E-state index contributed by atoms with van der Waals surface area (Å²) in [4.78, 5) is 80.7. The van der Waals surface area contributed by atoms with E-state index in [1.165, 1.54) is 6.92 Å². The molecule has 0 fully saturated rings. The van der Waals surface area contributed by atoms with E-state index in [0.29, 0.717) is 18.4 Å². The molecule has 270 valence electrons. The molecule has 0 spiro atoms. The minimum atomic E-state index is -1.42. The monoisotopic (exact) mass is 693 g/mol. The second-order valence-corrected chi connectivity index (χ2v) is 13.0. The van der Waals surface area contributed by atoms with Crippen LogP contribution in [0.15, 0.2) is 60.8 Å². The largest absolute Gasteiger partial charge is 0.467 e. The number of amides is 4. The molecule has 14 nitrogen and oxygen atoms in total. The van der Waals surface area contributed by atoms with Crippen LogP contribution in [-0.2, 0) is 46.5 Å². The summed E-state index contributed by atoms with van der Waals surface area (Å²) in [5.74, 6) is -4.10. The fraction of sp³-hybridized carbons (Fsp3) is 0.444. The van der Waals surface area contributed by atoms with Gasteiger partial charge in [-0.3, -0.25) is 19.2 Å². The fourth-order valence-electron chi connectivity index (χ4n) is 5.03. The van der Waals surface area contributed by atoms with Gasteiger partial charge in [0.05, 0.1) is 13.2 Å². The van der Waals surface area contributed by atoms with Crippen LogP contribution in [0.5, 0.6) is 0 Å². The number of methoxy groups -OCH3 is 1. The highest BCUT2D eigenvalue weighted by molar-refractivity contribution is 6.38. The molecule has 1 heterocycles. The van der Waals surface area contributed by atoms with Crippen LogP contribution >= 0.6 is 0 Å². The number of hydrogen-bond donors (Lipinski definition) is 6. The molecule has 4 atom stereocenters. The highest BCUT2D eigenvalue weighted by Crippen LogP contribution is 2.20. The first-order valence-corrected chi connectivity index (χ1v) is 16.4. The van der Waals surface area contributed by atoms with Gasteiger partial charge in [0.15, 0.2) is 6.04 Å². The van der Waals surface area contributed by atoms with Crippen molar-refractivity contribution in [2.75, 3.05) is 13.7 Å². The van der Waals surface area contributed by atoms with Crippen LogP contribution in [0.3, 0.4) is 0 Å². The molecule has 0 aliphatic heterocycles. The van der Waals surface area contributed by atoms with Crippen LogP contribution in [0, 0.1) is 5.41 Å². The lowest BCUT2D eigenvalue weighted by Gasteiger charge is -2.26. The van der Waals surface area contributed by atoms with Gasteiger partial charge in [0, 0.05) is 35.5 Å². The van der Waals surface area contributed by atoms with Crippen molar-refractivity contribution in [3.63, 3.8) is 0 Å². The third-order valence-corrected chi connectivity index (χ3v) is 7.88. The van der Waals surface area contributed by atoms with E-state index in [1.54, 1.807) is 27.0 Å². The van der Waals surface area contributed by atoms with Crippen LogP contribution in [0.1, 0.15) is 58.1 Å². The van der Waals surface area contributed by atoms with Gasteiger partial charge in [-0.2, -0.15) is 0 Å². The molecule has 3 rings (SSSR count). The van der Waals surface area contributed by atoms with Gasteiger partial charge in [-0.25, -0.2) is 9.59 Å². The lowest BCUT2D eigenvalue weighted by atomic mass is 9.90. The number of carbonyl (C=O) groups is 6. The summed E-state index contributed by atoms with van der Waals surface area (Å²) in [5.41, 5.74) is 1.31. The number of esters is 1. The van der Waals surface area contributed by atoms with Gasteiger partial charge in [-0.1, -0.05) is 69.3 Å². The van der Waals surface area contributed by atoms with E-state index < -0.39 is 65.2 Å². The minimum absolute atomic E-state index is 0.0131. The number of aromatic nitrogens is 1. The van der Waals surface area contributed by atoms with Crippen molar-refractivity contribution in [2.24, 2.45) is 5.41 Å². The number of unbranched alkanes of at least 4 members (excludes halogenated alkanes) is 1. The second-order valence-electron chi connectivity index (χ2n) is 13.0. The predicted octanol–water partition coefficient (Wildman–Crippen LogP) is 2.43. The average Bonchev–Trinajstić information content (AvgIpc) is 3.50.